The van der Waals surface area contributed by atoms with Gasteiger partial charge in [-0.3, -0.25) is 4.57 Å². The van der Waals surface area contributed by atoms with Crippen LogP contribution >= 0.6 is 0 Å². The average Bonchev–Trinajstić information content (AvgIpc) is 3.16. The van der Waals surface area contributed by atoms with E-state index in [0.717, 1.165) is 45.2 Å². The van der Waals surface area contributed by atoms with Crippen LogP contribution in [-0.2, 0) is 0 Å². The number of para-hydroxylation sites is 1. The Morgan fingerprint density at radius 3 is 2.14 bits per heavy atom. The molecule has 0 N–H and O–H groups in total. The molecule has 0 radical (unpaired) electrons. The second-order valence-electron chi connectivity index (χ2n) is 6.91. The van der Waals surface area contributed by atoms with Gasteiger partial charge in [-0.05, 0) is 35.4 Å². The van der Waals surface area contributed by atoms with Gasteiger partial charge in [-0.15, -0.1) is 0 Å². The van der Waals surface area contributed by atoms with E-state index in [2.05, 4.69) is 59.2 Å². The minimum atomic E-state index is 0.838. The van der Waals surface area contributed by atoms with Crippen LogP contribution in [0.3, 0.4) is 0 Å². The number of imidazole rings is 1. The molecule has 0 unspecified atom stereocenters. The summed E-state index contributed by atoms with van der Waals surface area (Å²) in [5.41, 5.74) is 6.36. The molecule has 1 aromatic heterocycles. The Morgan fingerprint density at radius 2 is 1.36 bits per heavy atom. The van der Waals surface area contributed by atoms with E-state index in [0.29, 0.717) is 0 Å². The van der Waals surface area contributed by atoms with Gasteiger partial charge < -0.3 is 4.74 Å². The number of fused-ring (bicyclic) bond motifs is 2. The second-order valence-corrected chi connectivity index (χ2v) is 6.91. The summed E-state index contributed by atoms with van der Waals surface area (Å²) < 4.78 is 8.52. The predicted molar refractivity (Wildman–Crippen MR) is 112 cm³/mol. The molecule has 3 heteroatoms. The first-order valence-electron chi connectivity index (χ1n) is 9.33. The minimum absolute atomic E-state index is 0.838. The third kappa shape index (κ3) is 2.20. The van der Waals surface area contributed by atoms with Crippen LogP contribution in [0.1, 0.15) is 0 Å². The Bertz CT molecular complexity index is 1320. The zero-order chi connectivity index (χ0) is 18.5. The van der Waals surface area contributed by atoms with E-state index in [9.17, 15) is 0 Å². The largest absolute Gasteiger partial charge is 0.453 e. The number of rotatable bonds is 2. The molecule has 0 fully saturated rings. The van der Waals surface area contributed by atoms with Gasteiger partial charge in [0.15, 0.2) is 11.5 Å². The predicted octanol–water partition coefficient (Wildman–Crippen LogP) is 6.47. The summed E-state index contributed by atoms with van der Waals surface area (Å²) >= 11 is 0. The monoisotopic (exact) mass is 360 g/mol. The van der Waals surface area contributed by atoms with E-state index in [1.165, 1.54) is 5.56 Å². The third-order valence-corrected chi connectivity index (χ3v) is 5.20. The summed E-state index contributed by atoms with van der Waals surface area (Å²) in [7, 11) is 0. The molecule has 0 spiro atoms. The van der Waals surface area contributed by atoms with Crippen LogP contribution in [0, 0.1) is 0 Å². The van der Waals surface area contributed by atoms with Gasteiger partial charge in [0.25, 0.3) is 0 Å². The van der Waals surface area contributed by atoms with Crippen molar-refractivity contribution >= 4 is 11.0 Å². The molecule has 0 saturated carbocycles. The molecule has 6 rings (SSSR count). The zero-order valence-electron chi connectivity index (χ0n) is 15.0. The molecule has 0 bridgehead atoms. The zero-order valence-corrected chi connectivity index (χ0v) is 15.0. The average molecular weight is 360 g/mol. The molecule has 1 aliphatic rings. The van der Waals surface area contributed by atoms with Gasteiger partial charge in [0.1, 0.15) is 11.3 Å². The van der Waals surface area contributed by atoms with Gasteiger partial charge in [-0.1, -0.05) is 72.8 Å². The van der Waals surface area contributed by atoms with Crippen molar-refractivity contribution in [2.75, 3.05) is 0 Å². The van der Waals surface area contributed by atoms with E-state index < -0.39 is 0 Å². The third-order valence-electron chi connectivity index (χ3n) is 5.20. The molecule has 1 aliphatic heterocycles. The molecule has 5 aromatic rings. The standard InChI is InChI=1S/C25H16N2O/c1-3-8-17(9-4-1)19-14-15-21-23(16-19)28-22-13-7-12-20-24(22)27(21)25(26-20)18-10-5-2-6-11-18/h1-16H. The van der Waals surface area contributed by atoms with Crippen LogP contribution in [-0.4, -0.2) is 9.55 Å². The van der Waals surface area contributed by atoms with Crippen LogP contribution in [0.25, 0.3) is 39.2 Å². The first-order valence-corrected chi connectivity index (χ1v) is 9.33. The minimum Gasteiger partial charge on any atom is -0.453 e. The molecule has 0 atom stereocenters. The van der Waals surface area contributed by atoms with Crippen molar-refractivity contribution in [3.63, 3.8) is 0 Å². The quantitative estimate of drug-likeness (QED) is 0.354. The van der Waals surface area contributed by atoms with E-state index in [-0.39, 0.29) is 0 Å². The van der Waals surface area contributed by atoms with Crippen molar-refractivity contribution in [3.05, 3.63) is 97.1 Å². The van der Waals surface area contributed by atoms with Gasteiger partial charge in [0, 0.05) is 5.56 Å². The van der Waals surface area contributed by atoms with Crippen LogP contribution in [0.4, 0.5) is 0 Å². The molecule has 0 amide bonds. The van der Waals surface area contributed by atoms with E-state index in [1.54, 1.807) is 0 Å². The molecule has 3 nitrogen and oxygen atoms in total. The highest BCUT2D eigenvalue weighted by atomic mass is 16.5. The fraction of sp³-hybridized carbons (Fsp3) is 0. The molecule has 0 saturated heterocycles. The maximum Gasteiger partial charge on any atom is 0.153 e. The maximum atomic E-state index is 6.30. The van der Waals surface area contributed by atoms with Crippen molar-refractivity contribution in [2.45, 2.75) is 0 Å². The van der Waals surface area contributed by atoms with Gasteiger partial charge in [0.2, 0.25) is 0 Å². The Balaban J connectivity index is 1.63. The van der Waals surface area contributed by atoms with E-state index in [4.69, 9.17) is 9.72 Å². The SMILES string of the molecule is c1ccc(-c2ccc3c(c2)Oc2cccc4nc(-c5ccccc5)n-3c24)cc1. The topological polar surface area (TPSA) is 27.1 Å². The van der Waals surface area contributed by atoms with Gasteiger partial charge in [-0.2, -0.15) is 0 Å². The summed E-state index contributed by atoms with van der Waals surface area (Å²) in [5.74, 6) is 2.61. The summed E-state index contributed by atoms with van der Waals surface area (Å²) in [4.78, 5) is 4.92. The van der Waals surface area contributed by atoms with Crippen LogP contribution in [0.5, 0.6) is 11.5 Å². The highest BCUT2D eigenvalue weighted by molar-refractivity contribution is 5.91. The normalized spacial score (nSPS) is 11.9. The molecule has 2 heterocycles. The molecular weight excluding hydrogens is 344 g/mol. The Kier molecular flexibility index (Phi) is 3.17. The van der Waals surface area contributed by atoms with Crippen LogP contribution < -0.4 is 4.74 Å². The van der Waals surface area contributed by atoms with E-state index in [1.807, 2.05) is 42.5 Å². The first kappa shape index (κ1) is 15.2. The Hall–Kier alpha value is -3.85. The number of aromatic nitrogens is 2. The molecular formula is C25H16N2O. The van der Waals surface area contributed by atoms with Crippen molar-refractivity contribution in [2.24, 2.45) is 0 Å². The molecule has 0 aliphatic carbocycles. The highest BCUT2D eigenvalue weighted by Crippen LogP contribution is 2.44. The lowest BCUT2D eigenvalue weighted by Gasteiger charge is -2.22. The van der Waals surface area contributed by atoms with Crippen molar-refractivity contribution in [1.82, 2.24) is 9.55 Å². The van der Waals surface area contributed by atoms with Crippen LogP contribution in [0.2, 0.25) is 0 Å². The lowest BCUT2D eigenvalue weighted by atomic mass is 10.0. The number of benzene rings is 4. The first-order chi connectivity index (χ1) is 13.9. The second kappa shape index (κ2) is 5.83. The number of ether oxygens (including phenoxy) is 1. The van der Waals surface area contributed by atoms with Crippen molar-refractivity contribution < 1.29 is 4.74 Å². The Labute approximate surface area is 162 Å². The van der Waals surface area contributed by atoms with Crippen LogP contribution in [0.15, 0.2) is 97.1 Å². The number of hydrogen-bond acceptors (Lipinski definition) is 2. The number of nitrogens with zero attached hydrogens (tertiary/aromatic N) is 2. The van der Waals surface area contributed by atoms with Crippen molar-refractivity contribution in [1.29, 1.82) is 0 Å². The lowest BCUT2D eigenvalue weighted by molar-refractivity contribution is 0.476. The maximum absolute atomic E-state index is 6.30. The summed E-state index contributed by atoms with van der Waals surface area (Å²) in [6.45, 7) is 0. The van der Waals surface area contributed by atoms with E-state index >= 15 is 0 Å². The smallest absolute Gasteiger partial charge is 0.153 e. The fourth-order valence-electron chi connectivity index (χ4n) is 3.90. The summed E-state index contributed by atoms with van der Waals surface area (Å²) in [6.07, 6.45) is 0. The van der Waals surface area contributed by atoms with Gasteiger partial charge >= 0.3 is 0 Å². The number of hydrogen-bond donors (Lipinski definition) is 0. The lowest BCUT2D eigenvalue weighted by Crippen LogP contribution is -2.05. The molecule has 28 heavy (non-hydrogen) atoms. The summed E-state index contributed by atoms with van der Waals surface area (Å²) in [5, 5.41) is 0. The van der Waals surface area contributed by atoms with Gasteiger partial charge in [0.05, 0.1) is 11.2 Å². The van der Waals surface area contributed by atoms with Crippen molar-refractivity contribution in [3.8, 4) is 39.7 Å². The summed E-state index contributed by atoms with van der Waals surface area (Å²) in [6, 6.07) is 33.1. The molecule has 132 valence electrons. The molecule has 4 aromatic carbocycles. The highest BCUT2D eigenvalue weighted by Gasteiger charge is 2.25. The van der Waals surface area contributed by atoms with Gasteiger partial charge in [-0.25, -0.2) is 4.98 Å². The fourth-order valence-corrected chi connectivity index (χ4v) is 3.90. The Morgan fingerprint density at radius 1 is 0.607 bits per heavy atom.